The molecule has 2 N–H and O–H groups in total. The van der Waals surface area contributed by atoms with E-state index in [2.05, 4.69) is 10.6 Å². The fraction of sp³-hybridized carbons (Fsp3) is 0.174. The third-order valence-corrected chi connectivity index (χ3v) is 5.68. The number of ether oxygens (including phenoxy) is 1. The number of carbonyl (C=O) groups excluding carboxylic acids is 3. The lowest BCUT2D eigenvalue weighted by molar-refractivity contribution is -0.115. The number of esters is 1. The van der Waals surface area contributed by atoms with Crippen LogP contribution in [0.15, 0.2) is 54.6 Å². The Hall–Kier alpha value is -3.45. The molecule has 0 spiro atoms. The molecule has 0 radical (unpaired) electrons. The summed E-state index contributed by atoms with van der Waals surface area (Å²) in [5.41, 5.74) is 3.17. The van der Waals surface area contributed by atoms with Gasteiger partial charge in [0, 0.05) is 5.69 Å². The highest BCUT2D eigenvalue weighted by Crippen LogP contribution is 2.34. The van der Waals surface area contributed by atoms with E-state index in [1.54, 1.807) is 13.0 Å². The van der Waals surface area contributed by atoms with Gasteiger partial charge in [0.05, 0.1) is 24.0 Å². The number of thiophene rings is 1. The number of anilines is 2. The van der Waals surface area contributed by atoms with Crippen molar-refractivity contribution >= 4 is 39.8 Å². The molecule has 0 aliphatic rings. The molecule has 0 atom stereocenters. The first kappa shape index (κ1) is 21.3. The van der Waals surface area contributed by atoms with Gasteiger partial charge in [-0.1, -0.05) is 42.5 Å². The molecule has 0 aliphatic carbocycles. The van der Waals surface area contributed by atoms with Crippen molar-refractivity contribution in [2.24, 2.45) is 0 Å². The average Bonchev–Trinajstić information content (AvgIpc) is 3.04. The maximum absolute atomic E-state index is 12.8. The zero-order valence-corrected chi connectivity index (χ0v) is 17.8. The summed E-state index contributed by atoms with van der Waals surface area (Å²) in [6, 6.07) is 16.7. The standard InChI is InChI=1S/C23H22N2O4S/c1-14-8-7-11-17(12-14)24-21(27)20-15(2)19(23(28)29-3)22(30-20)25-18(26)13-16-9-5-4-6-10-16/h4-12H,13H2,1-3H3,(H,24,27)(H,25,26). The summed E-state index contributed by atoms with van der Waals surface area (Å²) < 4.78 is 4.87. The lowest BCUT2D eigenvalue weighted by Crippen LogP contribution is -2.16. The summed E-state index contributed by atoms with van der Waals surface area (Å²) >= 11 is 1.06. The van der Waals surface area contributed by atoms with Crippen molar-refractivity contribution in [1.82, 2.24) is 0 Å². The van der Waals surface area contributed by atoms with Gasteiger partial charge in [-0.3, -0.25) is 9.59 Å². The Balaban J connectivity index is 1.86. The van der Waals surface area contributed by atoms with Crippen LogP contribution in [-0.2, 0) is 16.0 Å². The van der Waals surface area contributed by atoms with Crippen molar-refractivity contribution in [3.63, 3.8) is 0 Å². The summed E-state index contributed by atoms with van der Waals surface area (Å²) in [5, 5.41) is 5.90. The van der Waals surface area contributed by atoms with Crippen LogP contribution in [0, 0.1) is 13.8 Å². The highest BCUT2D eigenvalue weighted by atomic mass is 32.1. The Kier molecular flexibility index (Phi) is 6.64. The molecule has 0 bridgehead atoms. The van der Waals surface area contributed by atoms with Crippen molar-refractivity contribution < 1.29 is 19.1 Å². The zero-order chi connectivity index (χ0) is 21.7. The SMILES string of the molecule is COC(=O)c1c(NC(=O)Cc2ccccc2)sc(C(=O)Nc2cccc(C)c2)c1C. The Bertz CT molecular complexity index is 1090. The van der Waals surface area contributed by atoms with Crippen LogP contribution in [0.2, 0.25) is 0 Å². The number of carbonyl (C=O) groups is 3. The number of aryl methyl sites for hydroxylation is 1. The number of benzene rings is 2. The monoisotopic (exact) mass is 422 g/mol. The third-order valence-electron chi connectivity index (χ3n) is 4.48. The van der Waals surface area contributed by atoms with Crippen LogP contribution in [0.5, 0.6) is 0 Å². The van der Waals surface area contributed by atoms with E-state index in [4.69, 9.17) is 4.74 Å². The lowest BCUT2D eigenvalue weighted by atomic mass is 10.1. The van der Waals surface area contributed by atoms with Gasteiger partial charge in [0.15, 0.2) is 0 Å². The predicted molar refractivity (Wildman–Crippen MR) is 118 cm³/mol. The lowest BCUT2D eigenvalue weighted by Gasteiger charge is -2.06. The van der Waals surface area contributed by atoms with Crippen molar-refractivity contribution in [2.45, 2.75) is 20.3 Å². The van der Waals surface area contributed by atoms with E-state index >= 15 is 0 Å². The second-order valence-electron chi connectivity index (χ2n) is 6.79. The maximum atomic E-state index is 12.8. The van der Waals surface area contributed by atoms with Gasteiger partial charge in [-0.05, 0) is 42.7 Å². The van der Waals surface area contributed by atoms with Gasteiger partial charge in [0.1, 0.15) is 5.00 Å². The molecule has 0 fully saturated rings. The fourth-order valence-corrected chi connectivity index (χ4v) is 4.14. The molecule has 154 valence electrons. The van der Waals surface area contributed by atoms with Crippen LogP contribution in [0.4, 0.5) is 10.7 Å². The smallest absolute Gasteiger partial charge is 0.341 e. The highest BCUT2D eigenvalue weighted by Gasteiger charge is 2.26. The first-order chi connectivity index (χ1) is 14.4. The number of hydrogen-bond acceptors (Lipinski definition) is 5. The van der Waals surface area contributed by atoms with Gasteiger partial charge in [0.2, 0.25) is 5.91 Å². The van der Waals surface area contributed by atoms with Crippen LogP contribution < -0.4 is 10.6 Å². The van der Waals surface area contributed by atoms with Gasteiger partial charge >= 0.3 is 5.97 Å². The predicted octanol–water partition coefficient (Wildman–Crippen LogP) is 4.59. The summed E-state index contributed by atoms with van der Waals surface area (Å²) in [5.74, 6) is -1.23. The first-order valence-electron chi connectivity index (χ1n) is 9.32. The van der Waals surface area contributed by atoms with Gasteiger partial charge in [0.25, 0.3) is 5.91 Å². The normalized spacial score (nSPS) is 10.4. The molecule has 1 heterocycles. The van der Waals surface area contributed by atoms with E-state index in [-0.39, 0.29) is 23.8 Å². The molecule has 30 heavy (non-hydrogen) atoms. The molecule has 0 saturated heterocycles. The van der Waals surface area contributed by atoms with E-state index in [1.165, 1.54) is 7.11 Å². The second-order valence-corrected chi connectivity index (χ2v) is 7.81. The Labute approximate surface area is 178 Å². The van der Waals surface area contributed by atoms with Crippen LogP contribution in [0.1, 0.15) is 36.7 Å². The number of amides is 2. The molecule has 6 nitrogen and oxygen atoms in total. The Morgan fingerprint density at radius 1 is 0.967 bits per heavy atom. The molecular formula is C23H22N2O4S. The van der Waals surface area contributed by atoms with Crippen molar-refractivity contribution in [1.29, 1.82) is 0 Å². The molecule has 1 aromatic heterocycles. The van der Waals surface area contributed by atoms with Crippen molar-refractivity contribution in [3.8, 4) is 0 Å². The summed E-state index contributed by atoms with van der Waals surface area (Å²) in [6.45, 7) is 3.60. The average molecular weight is 423 g/mol. The number of methoxy groups -OCH3 is 1. The second kappa shape index (κ2) is 9.37. The molecule has 7 heteroatoms. The maximum Gasteiger partial charge on any atom is 0.341 e. The van der Waals surface area contributed by atoms with E-state index in [0.717, 1.165) is 22.5 Å². The van der Waals surface area contributed by atoms with Crippen molar-refractivity contribution in [3.05, 3.63) is 81.7 Å². The van der Waals surface area contributed by atoms with Crippen molar-refractivity contribution in [2.75, 3.05) is 17.7 Å². The zero-order valence-electron chi connectivity index (χ0n) is 16.9. The van der Waals surface area contributed by atoms with E-state index < -0.39 is 5.97 Å². The van der Waals surface area contributed by atoms with Crippen LogP contribution in [0.25, 0.3) is 0 Å². The summed E-state index contributed by atoms with van der Waals surface area (Å²) in [7, 11) is 1.27. The minimum absolute atomic E-state index is 0.156. The van der Waals surface area contributed by atoms with Crippen LogP contribution >= 0.6 is 11.3 Å². The summed E-state index contributed by atoms with van der Waals surface area (Å²) in [4.78, 5) is 38.0. The quantitative estimate of drug-likeness (QED) is 0.569. The van der Waals surface area contributed by atoms with Gasteiger partial charge in [-0.15, -0.1) is 11.3 Å². The molecule has 2 amide bonds. The molecule has 2 aromatic carbocycles. The minimum Gasteiger partial charge on any atom is -0.465 e. The molecule has 0 unspecified atom stereocenters. The van der Waals surface area contributed by atoms with E-state index in [0.29, 0.717) is 21.1 Å². The fourth-order valence-electron chi connectivity index (χ4n) is 3.03. The van der Waals surface area contributed by atoms with E-state index in [1.807, 2.05) is 55.5 Å². The number of hydrogen-bond donors (Lipinski definition) is 2. The highest BCUT2D eigenvalue weighted by molar-refractivity contribution is 7.18. The van der Waals surface area contributed by atoms with E-state index in [9.17, 15) is 14.4 Å². The van der Waals surface area contributed by atoms with Crippen LogP contribution in [-0.4, -0.2) is 24.9 Å². The molecular weight excluding hydrogens is 400 g/mol. The first-order valence-corrected chi connectivity index (χ1v) is 10.1. The molecule has 0 aliphatic heterocycles. The largest absolute Gasteiger partial charge is 0.465 e. The molecule has 0 saturated carbocycles. The Morgan fingerprint density at radius 2 is 1.70 bits per heavy atom. The van der Waals surface area contributed by atoms with Gasteiger partial charge in [-0.2, -0.15) is 0 Å². The van der Waals surface area contributed by atoms with Gasteiger partial charge in [-0.25, -0.2) is 4.79 Å². The third kappa shape index (κ3) is 4.93. The summed E-state index contributed by atoms with van der Waals surface area (Å²) in [6.07, 6.45) is 0.156. The van der Waals surface area contributed by atoms with Crippen LogP contribution in [0.3, 0.4) is 0 Å². The minimum atomic E-state index is -0.603. The number of nitrogens with one attached hydrogen (secondary N) is 2. The molecule has 3 aromatic rings. The topological polar surface area (TPSA) is 84.5 Å². The number of rotatable bonds is 6. The van der Waals surface area contributed by atoms with Gasteiger partial charge < -0.3 is 15.4 Å². The molecule has 3 rings (SSSR count). The Morgan fingerprint density at radius 3 is 2.37 bits per heavy atom.